The van der Waals surface area contributed by atoms with E-state index in [1.54, 1.807) is 12.3 Å². The Morgan fingerprint density at radius 1 is 1.32 bits per heavy atom. The standard InChI is InChI=1S/C14H18N2O3/c1-11-10-12(2-5-15-11)13(17)16-6-3-14(4-7-16)18-8-9-19-14/h2,5,10H,3-4,6-9H2,1H3. The monoisotopic (exact) mass is 262 g/mol. The van der Waals surface area contributed by atoms with Gasteiger partial charge < -0.3 is 14.4 Å². The summed E-state index contributed by atoms with van der Waals surface area (Å²) >= 11 is 0. The van der Waals surface area contributed by atoms with Crippen molar-refractivity contribution in [2.24, 2.45) is 0 Å². The van der Waals surface area contributed by atoms with Gasteiger partial charge in [0.05, 0.1) is 13.2 Å². The normalized spacial score (nSPS) is 21.8. The summed E-state index contributed by atoms with van der Waals surface area (Å²) in [7, 11) is 0. The maximum atomic E-state index is 12.4. The van der Waals surface area contributed by atoms with E-state index < -0.39 is 5.79 Å². The van der Waals surface area contributed by atoms with Crippen molar-refractivity contribution in [1.29, 1.82) is 0 Å². The molecule has 0 saturated carbocycles. The lowest BCUT2D eigenvalue weighted by Gasteiger charge is -2.37. The third-order valence-corrected chi connectivity index (χ3v) is 3.77. The number of aryl methyl sites for hydroxylation is 1. The SMILES string of the molecule is Cc1cc(C(=O)N2CCC3(CC2)OCCO3)ccn1. The van der Waals surface area contributed by atoms with Crippen molar-refractivity contribution in [3.63, 3.8) is 0 Å². The van der Waals surface area contributed by atoms with Gasteiger partial charge in [-0.05, 0) is 19.1 Å². The van der Waals surface area contributed by atoms with Crippen LogP contribution < -0.4 is 0 Å². The van der Waals surface area contributed by atoms with Crippen LogP contribution >= 0.6 is 0 Å². The van der Waals surface area contributed by atoms with E-state index in [-0.39, 0.29) is 5.91 Å². The number of pyridine rings is 1. The third kappa shape index (κ3) is 2.48. The van der Waals surface area contributed by atoms with Gasteiger partial charge in [0, 0.05) is 43.4 Å². The summed E-state index contributed by atoms with van der Waals surface area (Å²) in [6, 6.07) is 3.59. The predicted octanol–water partition coefficient (Wildman–Crippen LogP) is 1.37. The van der Waals surface area contributed by atoms with Crippen LogP contribution in [0.25, 0.3) is 0 Å². The molecular weight excluding hydrogens is 244 g/mol. The topological polar surface area (TPSA) is 51.7 Å². The van der Waals surface area contributed by atoms with Gasteiger partial charge in [-0.2, -0.15) is 0 Å². The minimum Gasteiger partial charge on any atom is -0.347 e. The van der Waals surface area contributed by atoms with Crippen LogP contribution in [0.1, 0.15) is 28.9 Å². The Morgan fingerprint density at radius 3 is 2.63 bits per heavy atom. The third-order valence-electron chi connectivity index (χ3n) is 3.77. The molecule has 2 aliphatic rings. The molecule has 5 heteroatoms. The Labute approximate surface area is 112 Å². The summed E-state index contributed by atoms with van der Waals surface area (Å²) in [4.78, 5) is 18.4. The Balaban J connectivity index is 1.66. The van der Waals surface area contributed by atoms with E-state index in [1.807, 2.05) is 17.9 Å². The summed E-state index contributed by atoms with van der Waals surface area (Å²) < 4.78 is 11.3. The molecule has 3 rings (SSSR count). The number of piperidine rings is 1. The second kappa shape index (κ2) is 4.90. The first-order chi connectivity index (χ1) is 9.19. The maximum Gasteiger partial charge on any atom is 0.253 e. The molecule has 2 fully saturated rings. The van der Waals surface area contributed by atoms with Crippen LogP contribution in [-0.4, -0.2) is 47.9 Å². The first-order valence-electron chi connectivity index (χ1n) is 6.68. The molecule has 0 unspecified atom stereocenters. The molecule has 2 aliphatic heterocycles. The molecule has 5 nitrogen and oxygen atoms in total. The Hall–Kier alpha value is -1.46. The first-order valence-corrected chi connectivity index (χ1v) is 6.68. The van der Waals surface area contributed by atoms with Crippen LogP contribution in [0.15, 0.2) is 18.3 Å². The number of hydrogen-bond donors (Lipinski definition) is 0. The molecule has 19 heavy (non-hydrogen) atoms. The van der Waals surface area contributed by atoms with Crippen molar-refractivity contribution < 1.29 is 14.3 Å². The molecule has 0 aliphatic carbocycles. The van der Waals surface area contributed by atoms with Gasteiger partial charge in [0.25, 0.3) is 5.91 Å². The number of carbonyl (C=O) groups excluding carboxylic acids is 1. The van der Waals surface area contributed by atoms with E-state index in [0.29, 0.717) is 31.9 Å². The summed E-state index contributed by atoms with van der Waals surface area (Å²) in [5.41, 5.74) is 1.57. The van der Waals surface area contributed by atoms with Gasteiger partial charge in [-0.3, -0.25) is 9.78 Å². The van der Waals surface area contributed by atoms with Gasteiger partial charge in [0.15, 0.2) is 5.79 Å². The second-order valence-electron chi connectivity index (χ2n) is 5.09. The van der Waals surface area contributed by atoms with Crippen LogP contribution in [0.5, 0.6) is 0 Å². The molecule has 1 aromatic rings. The minimum absolute atomic E-state index is 0.0679. The molecule has 0 atom stereocenters. The smallest absolute Gasteiger partial charge is 0.253 e. The van der Waals surface area contributed by atoms with E-state index in [2.05, 4.69) is 4.98 Å². The van der Waals surface area contributed by atoms with Gasteiger partial charge in [-0.1, -0.05) is 0 Å². The number of amides is 1. The Kier molecular flexibility index (Phi) is 3.24. The fourth-order valence-corrected chi connectivity index (χ4v) is 2.70. The van der Waals surface area contributed by atoms with E-state index in [0.717, 1.165) is 18.5 Å². The molecule has 1 spiro atoms. The van der Waals surface area contributed by atoms with E-state index in [1.165, 1.54) is 0 Å². The molecule has 0 radical (unpaired) electrons. The average Bonchev–Trinajstić information content (AvgIpc) is 2.87. The van der Waals surface area contributed by atoms with E-state index >= 15 is 0 Å². The number of rotatable bonds is 1. The van der Waals surface area contributed by atoms with Crippen LogP contribution in [0, 0.1) is 6.92 Å². The van der Waals surface area contributed by atoms with Crippen molar-refractivity contribution in [2.75, 3.05) is 26.3 Å². The Bertz CT molecular complexity index is 473. The van der Waals surface area contributed by atoms with Crippen molar-refractivity contribution in [1.82, 2.24) is 9.88 Å². The average molecular weight is 262 g/mol. The number of hydrogen-bond acceptors (Lipinski definition) is 4. The molecule has 3 heterocycles. The van der Waals surface area contributed by atoms with Crippen LogP contribution in [0.3, 0.4) is 0 Å². The molecular formula is C14H18N2O3. The minimum atomic E-state index is -0.426. The molecule has 1 aromatic heterocycles. The maximum absolute atomic E-state index is 12.4. The second-order valence-corrected chi connectivity index (χ2v) is 5.09. The Morgan fingerprint density at radius 2 is 2.00 bits per heavy atom. The predicted molar refractivity (Wildman–Crippen MR) is 68.7 cm³/mol. The summed E-state index contributed by atoms with van der Waals surface area (Å²) in [6.45, 7) is 4.58. The highest BCUT2D eigenvalue weighted by molar-refractivity contribution is 5.94. The van der Waals surface area contributed by atoms with Crippen molar-refractivity contribution in [2.45, 2.75) is 25.6 Å². The first kappa shape index (κ1) is 12.6. The zero-order valence-electron chi connectivity index (χ0n) is 11.1. The zero-order valence-corrected chi connectivity index (χ0v) is 11.1. The highest BCUT2D eigenvalue weighted by atomic mass is 16.7. The number of nitrogens with zero attached hydrogens (tertiary/aromatic N) is 2. The van der Waals surface area contributed by atoms with Crippen molar-refractivity contribution >= 4 is 5.91 Å². The number of aromatic nitrogens is 1. The molecule has 2 saturated heterocycles. The highest BCUT2D eigenvalue weighted by Crippen LogP contribution is 2.31. The van der Waals surface area contributed by atoms with Crippen LogP contribution in [-0.2, 0) is 9.47 Å². The van der Waals surface area contributed by atoms with Gasteiger partial charge in [-0.25, -0.2) is 0 Å². The fourth-order valence-electron chi connectivity index (χ4n) is 2.70. The summed E-state index contributed by atoms with van der Waals surface area (Å²) in [6.07, 6.45) is 3.18. The van der Waals surface area contributed by atoms with E-state index in [9.17, 15) is 4.79 Å². The molecule has 0 bridgehead atoms. The number of carbonyl (C=O) groups is 1. The molecule has 0 N–H and O–H groups in total. The lowest BCUT2D eigenvalue weighted by atomic mass is 10.0. The quantitative estimate of drug-likeness (QED) is 0.767. The lowest BCUT2D eigenvalue weighted by molar-refractivity contribution is -0.181. The lowest BCUT2D eigenvalue weighted by Crippen LogP contribution is -2.47. The van der Waals surface area contributed by atoms with Gasteiger partial charge >= 0.3 is 0 Å². The highest BCUT2D eigenvalue weighted by Gasteiger charge is 2.40. The van der Waals surface area contributed by atoms with Gasteiger partial charge in [0.2, 0.25) is 0 Å². The van der Waals surface area contributed by atoms with E-state index in [4.69, 9.17) is 9.47 Å². The van der Waals surface area contributed by atoms with Crippen LogP contribution in [0.2, 0.25) is 0 Å². The number of ether oxygens (including phenoxy) is 2. The van der Waals surface area contributed by atoms with Crippen molar-refractivity contribution in [3.05, 3.63) is 29.6 Å². The van der Waals surface area contributed by atoms with Crippen LogP contribution in [0.4, 0.5) is 0 Å². The van der Waals surface area contributed by atoms with Gasteiger partial charge in [0.1, 0.15) is 0 Å². The fraction of sp³-hybridized carbons (Fsp3) is 0.571. The molecule has 102 valence electrons. The van der Waals surface area contributed by atoms with Crippen molar-refractivity contribution in [3.8, 4) is 0 Å². The molecule has 0 aromatic carbocycles. The summed E-state index contributed by atoms with van der Waals surface area (Å²) in [5, 5.41) is 0. The molecule has 1 amide bonds. The number of likely N-dealkylation sites (tertiary alicyclic amines) is 1. The largest absolute Gasteiger partial charge is 0.347 e. The summed E-state index contributed by atoms with van der Waals surface area (Å²) in [5.74, 6) is -0.358. The van der Waals surface area contributed by atoms with Gasteiger partial charge in [-0.15, -0.1) is 0 Å². The zero-order chi connectivity index (χ0) is 13.3.